The Morgan fingerprint density at radius 3 is 2.53 bits per heavy atom. The van der Waals surface area contributed by atoms with E-state index in [0.717, 1.165) is 17.9 Å². The summed E-state index contributed by atoms with van der Waals surface area (Å²) in [5, 5.41) is 2.47. The summed E-state index contributed by atoms with van der Waals surface area (Å²) in [5.41, 5.74) is 0.122. The van der Waals surface area contributed by atoms with Gasteiger partial charge in [0.05, 0.1) is 33.2 Å². The van der Waals surface area contributed by atoms with Crippen molar-refractivity contribution in [2.75, 3.05) is 27.2 Å². The molecule has 110 valence electrons. The molecule has 0 bridgehead atoms. The van der Waals surface area contributed by atoms with Crippen LogP contribution in [0.1, 0.15) is 45.1 Å². The van der Waals surface area contributed by atoms with Gasteiger partial charge in [-0.15, -0.1) is 0 Å². The van der Waals surface area contributed by atoms with E-state index in [4.69, 9.17) is 4.42 Å². The highest BCUT2D eigenvalue weighted by molar-refractivity contribution is 5.14. The van der Waals surface area contributed by atoms with Gasteiger partial charge in [-0.2, -0.15) is 0 Å². The number of furan rings is 1. The molecular formula is C16H32N2O+2. The molecule has 0 radical (unpaired) electrons. The van der Waals surface area contributed by atoms with E-state index in [1.165, 1.54) is 24.4 Å². The molecule has 1 rings (SSSR count). The first-order chi connectivity index (χ1) is 8.81. The molecule has 0 fully saturated rings. The highest BCUT2D eigenvalue weighted by atomic mass is 16.3. The second-order valence-electron chi connectivity index (χ2n) is 6.81. The van der Waals surface area contributed by atoms with Gasteiger partial charge in [0.1, 0.15) is 11.5 Å². The minimum absolute atomic E-state index is 0.122. The second kappa shape index (κ2) is 7.11. The Morgan fingerprint density at radius 1 is 1.32 bits per heavy atom. The van der Waals surface area contributed by atoms with E-state index in [0.29, 0.717) is 6.04 Å². The zero-order chi connectivity index (χ0) is 14.5. The molecular weight excluding hydrogens is 236 g/mol. The number of rotatable bonds is 8. The van der Waals surface area contributed by atoms with Crippen LogP contribution in [0.25, 0.3) is 0 Å². The SMILES string of the molecule is Cc1ccc(C(C)(C)C[C@H](C)[NH2+]CCC[NH+](C)C)o1. The molecule has 3 nitrogen and oxygen atoms in total. The third-order valence-electron chi connectivity index (χ3n) is 3.69. The van der Waals surface area contributed by atoms with Crippen LogP contribution in [0.15, 0.2) is 16.5 Å². The highest BCUT2D eigenvalue weighted by Gasteiger charge is 2.27. The Kier molecular flexibility index (Phi) is 6.08. The van der Waals surface area contributed by atoms with Crippen molar-refractivity contribution in [3.05, 3.63) is 23.7 Å². The van der Waals surface area contributed by atoms with Crippen molar-refractivity contribution in [2.24, 2.45) is 0 Å². The van der Waals surface area contributed by atoms with Crippen LogP contribution in [0.3, 0.4) is 0 Å². The molecule has 1 atom stereocenters. The molecule has 3 N–H and O–H groups in total. The fraction of sp³-hybridized carbons (Fsp3) is 0.750. The average Bonchev–Trinajstić information content (AvgIpc) is 2.71. The topological polar surface area (TPSA) is 34.2 Å². The summed E-state index contributed by atoms with van der Waals surface area (Å²) < 4.78 is 5.79. The first-order valence-corrected chi connectivity index (χ1v) is 7.50. The maximum Gasteiger partial charge on any atom is 0.109 e. The number of quaternary nitrogens is 2. The summed E-state index contributed by atoms with van der Waals surface area (Å²) in [6.45, 7) is 11.4. The average molecular weight is 268 g/mol. The van der Waals surface area contributed by atoms with Gasteiger partial charge in [-0.1, -0.05) is 13.8 Å². The van der Waals surface area contributed by atoms with Crippen LogP contribution in [0, 0.1) is 6.92 Å². The lowest BCUT2D eigenvalue weighted by atomic mass is 9.83. The van der Waals surface area contributed by atoms with Gasteiger partial charge in [0.25, 0.3) is 0 Å². The fourth-order valence-corrected chi connectivity index (χ4v) is 2.65. The maximum atomic E-state index is 5.79. The molecule has 0 aliphatic heterocycles. The number of nitrogens with one attached hydrogen (secondary N) is 1. The summed E-state index contributed by atoms with van der Waals surface area (Å²) in [5.74, 6) is 2.12. The van der Waals surface area contributed by atoms with E-state index in [1.54, 1.807) is 0 Å². The lowest BCUT2D eigenvalue weighted by molar-refractivity contribution is -0.860. The van der Waals surface area contributed by atoms with Crippen LogP contribution in [0.4, 0.5) is 0 Å². The van der Waals surface area contributed by atoms with Gasteiger partial charge in [-0.05, 0) is 26.0 Å². The normalized spacial score (nSPS) is 14.1. The van der Waals surface area contributed by atoms with Crippen LogP contribution in [-0.2, 0) is 5.41 Å². The molecule has 0 spiro atoms. The second-order valence-corrected chi connectivity index (χ2v) is 6.81. The zero-order valence-corrected chi connectivity index (χ0v) is 13.5. The molecule has 19 heavy (non-hydrogen) atoms. The first kappa shape index (κ1) is 16.3. The van der Waals surface area contributed by atoms with Gasteiger partial charge in [0.15, 0.2) is 0 Å². The Hall–Kier alpha value is -0.800. The molecule has 0 aromatic carbocycles. The summed E-state index contributed by atoms with van der Waals surface area (Å²) in [4.78, 5) is 1.53. The smallest absolute Gasteiger partial charge is 0.109 e. The maximum absolute atomic E-state index is 5.79. The van der Waals surface area contributed by atoms with E-state index < -0.39 is 0 Å². The van der Waals surface area contributed by atoms with Gasteiger partial charge in [-0.3, -0.25) is 0 Å². The summed E-state index contributed by atoms with van der Waals surface area (Å²) >= 11 is 0. The molecule has 1 aromatic rings. The highest BCUT2D eigenvalue weighted by Crippen LogP contribution is 2.29. The van der Waals surface area contributed by atoms with Crippen molar-refractivity contribution in [1.29, 1.82) is 0 Å². The predicted molar refractivity (Wildman–Crippen MR) is 79.6 cm³/mol. The summed E-state index contributed by atoms with van der Waals surface area (Å²) in [6.07, 6.45) is 2.43. The van der Waals surface area contributed by atoms with Crippen molar-refractivity contribution < 1.29 is 14.6 Å². The lowest BCUT2D eigenvalue weighted by Gasteiger charge is -2.25. The minimum atomic E-state index is 0.122. The largest absolute Gasteiger partial charge is 0.466 e. The van der Waals surface area contributed by atoms with E-state index in [2.05, 4.69) is 52.3 Å². The van der Waals surface area contributed by atoms with Crippen molar-refractivity contribution in [3.8, 4) is 0 Å². The number of aryl methyl sites for hydroxylation is 1. The third-order valence-corrected chi connectivity index (χ3v) is 3.69. The standard InChI is InChI=1S/C16H30N2O/c1-13(17-10-7-11-18(5)6)12-16(3,4)15-9-8-14(2)19-15/h8-9,13,17H,7,10-12H2,1-6H3/p+2/t13-/m0/s1. The summed E-state index contributed by atoms with van der Waals surface area (Å²) in [6, 6.07) is 4.82. The van der Waals surface area contributed by atoms with Gasteiger partial charge < -0.3 is 14.6 Å². The molecule has 0 amide bonds. The predicted octanol–water partition coefficient (Wildman–Crippen LogP) is 0.742. The molecule has 1 heterocycles. The molecule has 3 heteroatoms. The fourth-order valence-electron chi connectivity index (χ4n) is 2.65. The van der Waals surface area contributed by atoms with Gasteiger partial charge >= 0.3 is 0 Å². The molecule has 0 aliphatic carbocycles. The summed E-state index contributed by atoms with van der Waals surface area (Å²) in [7, 11) is 4.43. The molecule has 0 saturated heterocycles. The molecule has 0 unspecified atom stereocenters. The van der Waals surface area contributed by atoms with Gasteiger partial charge in [0, 0.05) is 18.3 Å². The van der Waals surface area contributed by atoms with Crippen LogP contribution < -0.4 is 10.2 Å². The Bertz CT molecular complexity index is 369. The van der Waals surface area contributed by atoms with E-state index >= 15 is 0 Å². The lowest BCUT2D eigenvalue weighted by Crippen LogP contribution is -3.06. The van der Waals surface area contributed by atoms with Gasteiger partial charge in [0.2, 0.25) is 0 Å². The van der Waals surface area contributed by atoms with E-state index in [-0.39, 0.29) is 5.41 Å². The monoisotopic (exact) mass is 268 g/mol. The van der Waals surface area contributed by atoms with Gasteiger partial charge in [-0.25, -0.2) is 0 Å². The minimum Gasteiger partial charge on any atom is -0.466 e. The molecule has 0 aliphatic rings. The van der Waals surface area contributed by atoms with Crippen LogP contribution in [0.5, 0.6) is 0 Å². The zero-order valence-electron chi connectivity index (χ0n) is 13.5. The number of hydrogen-bond acceptors (Lipinski definition) is 1. The Balaban J connectivity index is 2.36. The number of hydrogen-bond donors (Lipinski definition) is 2. The third kappa shape index (κ3) is 5.79. The van der Waals surface area contributed by atoms with Crippen molar-refractivity contribution in [3.63, 3.8) is 0 Å². The molecule has 0 saturated carbocycles. The van der Waals surface area contributed by atoms with Crippen molar-refractivity contribution >= 4 is 0 Å². The van der Waals surface area contributed by atoms with Crippen LogP contribution in [0.2, 0.25) is 0 Å². The van der Waals surface area contributed by atoms with E-state index in [1.807, 2.05) is 6.92 Å². The Labute approximate surface area is 118 Å². The Morgan fingerprint density at radius 2 is 2.00 bits per heavy atom. The number of nitrogens with two attached hydrogens (primary N) is 1. The van der Waals surface area contributed by atoms with Crippen LogP contribution in [-0.4, -0.2) is 33.2 Å². The van der Waals surface area contributed by atoms with Crippen molar-refractivity contribution in [2.45, 2.75) is 52.0 Å². The molecule has 1 aromatic heterocycles. The quantitative estimate of drug-likeness (QED) is 0.670. The van der Waals surface area contributed by atoms with Crippen LogP contribution >= 0.6 is 0 Å². The van der Waals surface area contributed by atoms with E-state index in [9.17, 15) is 0 Å². The first-order valence-electron chi connectivity index (χ1n) is 7.50. The van der Waals surface area contributed by atoms with Crippen molar-refractivity contribution in [1.82, 2.24) is 0 Å².